The highest BCUT2D eigenvalue weighted by molar-refractivity contribution is 9.10. The van der Waals surface area contributed by atoms with Crippen molar-refractivity contribution < 1.29 is 14.8 Å². The molecular weight excluding hydrogens is 392 g/mol. The molecule has 128 valence electrons. The fourth-order valence-electron chi connectivity index (χ4n) is 2.57. The first-order valence-electron chi connectivity index (χ1n) is 7.21. The molecule has 0 aliphatic heterocycles. The summed E-state index contributed by atoms with van der Waals surface area (Å²) >= 11 is 3.38. The minimum atomic E-state index is -0.602. The van der Waals surface area contributed by atoms with Crippen LogP contribution in [0.3, 0.4) is 0 Å². The van der Waals surface area contributed by atoms with Gasteiger partial charge in [-0.3, -0.25) is 19.3 Å². The number of nitro groups is 1. The zero-order valence-electron chi connectivity index (χ0n) is 13.3. The van der Waals surface area contributed by atoms with Crippen molar-refractivity contribution in [3.05, 3.63) is 62.0 Å². The number of aromatic hydroxyl groups is 1. The molecule has 2 aromatic heterocycles. The molecule has 0 saturated heterocycles. The van der Waals surface area contributed by atoms with Crippen molar-refractivity contribution in [2.45, 2.75) is 13.8 Å². The first-order chi connectivity index (χ1) is 11.8. The van der Waals surface area contributed by atoms with Gasteiger partial charge in [-0.2, -0.15) is 0 Å². The van der Waals surface area contributed by atoms with E-state index in [9.17, 15) is 20.0 Å². The molecule has 3 aromatic rings. The number of imidazole rings is 1. The molecule has 0 radical (unpaired) electrons. The Morgan fingerprint density at radius 1 is 1.36 bits per heavy atom. The number of hydrogen-bond acceptors (Lipinski definition) is 5. The summed E-state index contributed by atoms with van der Waals surface area (Å²) in [5.41, 5.74) is 2.03. The molecule has 0 bridgehead atoms. The average Bonchev–Trinajstić information content (AvgIpc) is 2.85. The third-order valence-electron chi connectivity index (χ3n) is 3.70. The number of rotatable bonds is 3. The van der Waals surface area contributed by atoms with Crippen LogP contribution in [0, 0.1) is 24.0 Å². The molecular formula is C16H13BrN4O4. The number of phenolic OH excluding ortho intramolecular Hbond substituents is 1. The average molecular weight is 405 g/mol. The van der Waals surface area contributed by atoms with Gasteiger partial charge in [-0.15, -0.1) is 0 Å². The van der Waals surface area contributed by atoms with Crippen molar-refractivity contribution in [2.24, 2.45) is 0 Å². The number of anilines is 1. The highest BCUT2D eigenvalue weighted by Gasteiger charge is 2.20. The van der Waals surface area contributed by atoms with Gasteiger partial charge in [0.05, 0.1) is 16.3 Å². The van der Waals surface area contributed by atoms with Gasteiger partial charge in [0.25, 0.3) is 11.6 Å². The molecule has 8 nitrogen and oxygen atoms in total. The summed E-state index contributed by atoms with van der Waals surface area (Å²) in [5, 5.41) is 23.3. The van der Waals surface area contributed by atoms with Crippen molar-refractivity contribution in [1.82, 2.24) is 9.38 Å². The van der Waals surface area contributed by atoms with E-state index < -0.39 is 10.8 Å². The number of nitrogens with zero attached hydrogens (tertiary/aromatic N) is 3. The Morgan fingerprint density at radius 2 is 2.08 bits per heavy atom. The number of nitrogens with one attached hydrogen (secondary N) is 1. The minimum Gasteiger partial charge on any atom is -0.506 e. The Kier molecular flexibility index (Phi) is 4.17. The Hall–Kier alpha value is -2.94. The van der Waals surface area contributed by atoms with Crippen LogP contribution in [-0.4, -0.2) is 25.3 Å². The van der Waals surface area contributed by atoms with E-state index in [-0.39, 0.29) is 22.8 Å². The lowest BCUT2D eigenvalue weighted by Crippen LogP contribution is -2.16. The molecule has 0 saturated carbocycles. The molecule has 0 fully saturated rings. The fraction of sp³-hybridized carbons (Fsp3) is 0.125. The van der Waals surface area contributed by atoms with Gasteiger partial charge in [0, 0.05) is 22.8 Å². The van der Waals surface area contributed by atoms with Crippen LogP contribution in [0.15, 0.2) is 34.9 Å². The molecule has 0 atom stereocenters. The minimum absolute atomic E-state index is 0.0414. The van der Waals surface area contributed by atoms with Crippen LogP contribution >= 0.6 is 15.9 Å². The Morgan fingerprint density at radius 3 is 2.76 bits per heavy atom. The second kappa shape index (κ2) is 6.17. The molecule has 0 aliphatic rings. The van der Waals surface area contributed by atoms with Crippen LogP contribution in [0.5, 0.6) is 5.75 Å². The lowest BCUT2D eigenvalue weighted by molar-refractivity contribution is -0.384. The number of fused-ring (bicyclic) bond motifs is 1. The zero-order valence-corrected chi connectivity index (χ0v) is 14.9. The van der Waals surface area contributed by atoms with Crippen LogP contribution in [-0.2, 0) is 0 Å². The molecule has 1 aromatic carbocycles. The molecule has 2 heterocycles. The topological polar surface area (TPSA) is 110 Å². The van der Waals surface area contributed by atoms with E-state index in [0.29, 0.717) is 11.3 Å². The van der Waals surface area contributed by atoms with Gasteiger partial charge in [0.1, 0.15) is 17.1 Å². The number of halogens is 1. The van der Waals surface area contributed by atoms with E-state index >= 15 is 0 Å². The van der Waals surface area contributed by atoms with Crippen molar-refractivity contribution in [2.75, 3.05) is 5.32 Å². The molecule has 9 heteroatoms. The number of benzene rings is 1. The largest absolute Gasteiger partial charge is 0.506 e. The lowest BCUT2D eigenvalue weighted by atomic mass is 10.2. The number of amides is 1. The number of hydrogen-bond donors (Lipinski definition) is 2. The Labute approximate surface area is 150 Å². The summed E-state index contributed by atoms with van der Waals surface area (Å²) in [7, 11) is 0. The number of nitro benzene ring substituents is 1. The Balaban J connectivity index is 2.05. The molecule has 1 amide bonds. The number of aryl methyl sites for hydroxylation is 2. The molecule has 0 aliphatic carbocycles. The number of carbonyl (C=O) groups excluding carboxylic acids is 1. The van der Waals surface area contributed by atoms with Crippen LogP contribution in [0.25, 0.3) is 5.65 Å². The number of pyridine rings is 1. The van der Waals surface area contributed by atoms with E-state index in [1.165, 1.54) is 0 Å². The number of phenols is 1. The third-order valence-corrected chi connectivity index (χ3v) is 4.13. The second-order valence-electron chi connectivity index (χ2n) is 5.49. The summed E-state index contributed by atoms with van der Waals surface area (Å²) < 4.78 is 2.42. The highest BCUT2D eigenvalue weighted by atomic mass is 79.9. The van der Waals surface area contributed by atoms with Crippen molar-refractivity contribution in [3.8, 4) is 5.75 Å². The Bertz CT molecular complexity index is 1030. The second-order valence-corrected chi connectivity index (χ2v) is 6.41. The maximum atomic E-state index is 12.7. The highest BCUT2D eigenvalue weighted by Crippen LogP contribution is 2.29. The SMILES string of the molecule is Cc1nc2c(C)cc(Br)cn2c1C(=O)Nc1cc([N+](=O)[O-])ccc1O. The monoisotopic (exact) mass is 404 g/mol. The predicted molar refractivity (Wildman–Crippen MR) is 95.1 cm³/mol. The lowest BCUT2D eigenvalue weighted by Gasteiger charge is -2.08. The number of aromatic nitrogens is 2. The van der Waals surface area contributed by atoms with Gasteiger partial charge in [-0.1, -0.05) is 0 Å². The van der Waals surface area contributed by atoms with E-state index in [4.69, 9.17) is 0 Å². The molecule has 25 heavy (non-hydrogen) atoms. The van der Waals surface area contributed by atoms with E-state index in [0.717, 1.165) is 28.2 Å². The van der Waals surface area contributed by atoms with E-state index in [1.807, 2.05) is 13.0 Å². The van der Waals surface area contributed by atoms with Crippen LogP contribution in [0.2, 0.25) is 0 Å². The van der Waals surface area contributed by atoms with Gasteiger partial charge in [-0.05, 0) is 47.5 Å². The maximum absolute atomic E-state index is 12.7. The van der Waals surface area contributed by atoms with Crippen molar-refractivity contribution in [3.63, 3.8) is 0 Å². The molecule has 0 spiro atoms. The summed E-state index contributed by atoms with van der Waals surface area (Å²) in [6.45, 7) is 3.57. The van der Waals surface area contributed by atoms with Gasteiger partial charge >= 0.3 is 0 Å². The van der Waals surface area contributed by atoms with Gasteiger partial charge in [0.2, 0.25) is 0 Å². The smallest absolute Gasteiger partial charge is 0.274 e. The summed E-state index contributed by atoms with van der Waals surface area (Å²) in [5.74, 6) is -0.791. The number of carbonyl (C=O) groups is 1. The third kappa shape index (κ3) is 3.05. The molecule has 0 unspecified atom stereocenters. The summed E-state index contributed by atoms with van der Waals surface area (Å²) in [4.78, 5) is 27.4. The van der Waals surface area contributed by atoms with E-state index in [2.05, 4.69) is 26.2 Å². The first-order valence-corrected chi connectivity index (χ1v) is 8.01. The first kappa shape index (κ1) is 16.9. The zero-order chi connectivity index (χ0) is 18.3. The quantitative estimate of drug-likeness (QED) is 0.393. The van der Waals surface area contributed by atoms with Crippen LogP contribution < -0.4 is 5.32 Å². The van der Waals surface area contributed by atoms with E-state index in [1.54, 1.807) is 17.5 Å². The van der Waals surface area contributed by atoms with Crippen LogP contribution in [0.1, 0.15) is 21.7 Å². The maximum Gasteiger partial charge on any atom is 0.274 e. The van der Waals surface area contributed by atoms with Gasteiger partial charge < -0.3 is 10.4 Å². The standard InChI is InChI=1S/C16H13BrN4O4/c1-8-5-10(17)7-20-14(9(2)18-15(8)20)16(23)19-12-6-11(21(24)25)3-4-13(12)22/h3-7,22H,1-2H3,(H,19,23). The summed E-state index contributed by atoms with van der Waals surface area (Å²) in [6.07, 6.45) is 1.71. The number of non-ortho nitro benzene ring substituents is 1. The summed E-state index contributed by atoms with van der Waals surface area (Å²) in [6, 6.07) is 5.31. The normalized spacial score (nSPS) is 10.8. The van der Waals surface area contributed by atoms with Crippen molar-refractivity contribution in [1.29, 1.82) is 0 Å². The van der Waals surface area contributed by atoms with Gasteiger partial charge in [-0.25, -0.2) is 4.98 Å². The molecule has 3 rings (SSSR count). The molecule has 2 N–H and O–H groups in total. The fourth-order valence-corrected chi connectivity index (χ4v) is 3.12. The van der Waals surface area contributed by atoms with Crippen molar-refractivity contribution >= 4 is 38.9 Å². The van der Waals surface area contributed by atoms with Crippen LogP contribution in [0.4, 0.5) is 11.4 Å². The van der Waals surface area contributed by atoms with Gasteiger partial charge in [0.15, 0.2) is 0 Å². The predicted octanol–water partition coefficient (Wildman–Crippen LogP) is 3.58.